The second-order valence-electron chi connectivity index (χ2n) is 5.79. The van der Waals surface area contributed by atoms with Crippen molar-refractivity contribution in [2.24, 2.45) is 5.92 Å². The van der Waals surface area contributed by atoms with E-state index < -0.39 is 0 Å². The van der Waals surface area contributed by atoms with Gasteiger partial charge >= 0.3 is 0 Å². The second kappa shape index (κ2) is 7.79. The maximum atomic E-state index is 12.0. The standard InChI is InChI=1S/C19H22N2O2/c22-19(16-11-13-23-14-16)21-18-8-6-17(7-9-18)20-12-10-15-4-2-1-3-5-15/h1-9,16,20H,10-14H2,(H,21,22)/t16-/m1/s1. The summed E-state index contributed by atoms with van der Waals surface area (Å²) in [4.78, 5) is 12.0. The number of ether oxygens (including phenoxy) is 1. The topological polar surface area (TPSA) is 50.4 Å². The fraction of sp³-hybridized carbons (Fsp3) is 0.316. The molecule has 3 rings (SSSR count). The lowest BCUT2D eigenvalue weighted by atomic mass is 10.1. The Hall–Kier alpha value is -2.33. The first-order chi connectivity index (χ1) is 11.3. The van der Waals surface area contributed by atoms with E-state index in [4.69, 9.17) is 4.74 Å². The Morgan fingerprint density at radius 1 is 1.04 bits per heavy atom. The number of hydrogen-bond acceptors (Lipinski definition) is 3. The highest BCUT2D eigenvalue weighted by Crippen LogP contribution is 2.18. The molecule has 0 unspecified atom stereocenters. The van der Waals surface area contributed by atoms with E-state index in [1.165, 1.54) is 5.56 Å². The third-order valence-corrected chi connectivity index (χ3v) is 4.04. The zero-order chi connectivity index (χ0) is 15.9. The minimum absolute atomic E-state index is 0.0151. The first-order valence-corrected chi connectivity index (χ1v) is 8.08. The van der Waals surface area contributed by atoms with Crippen LogP contribution in [0.4, 0.5) is 11.4 Å². The monoisotopic (exact) mass is 310 g/mol. The van der Waals surface area contributed by atoms with Crippen LogP contribution in [0.3, 0.4) is 0 Å². The minimum atomic E-state index is -0.0151. The van der Waals surface area contributed by atoms with Gasteiger partial charge in [0.25, 0.3) is 0 Å². The summed E-state index contributed by atoms with van der Waals surface area (Å²) < 4.78 is 5.24. The molecule has 1 aliphatic rings. The van der Waals surface area contributed by atoms with E-state index in [1.807, 2.05) is 30.3 Å². The van der Waals surface area contributed by atoms with Gasteiger partial charge in [-0.1, -0.05) is 30.3 Å². The molecule has 1 aliphatic heterocycles. The highest BCUT2D eigenvalue weighted by Gasteiger charge is 2.23. The lowest BCUT2D eigenvalue weighted by Gasteiger charge is -2.11. The molecule has 2 aromatic carbocycles. The summed E-state index contributed by atoms with van der Waals surface area (Å²) in [5.41, 5.74) is 3.21. The molecule has 1 heterocycles. The Balaban J connectivity index is 1.46. The van der Waals surface area contributed by atoms with E-state index in [9.17, 15) is 4.79 Å². The van der Waals surface area contributed by atoms with E-state index in [2.05, 4.69) is 34.9 Å². The average molecular weight is 310 g/mol. The number of carbonyl (C=O) groups is 1. The van der Waals surface area contributed by atoms with Crippen molar-refractivity contribution in [1.29, 1.82) is 0 Å². The molecule has 4 nitrogen and oxygen atoms in total. The predicted molar refractivity (Wildman–Crippen MR) is 92.6 cm³/mol. The van der Waals surface area contributed by atoms with Gasteiger partial charge in [0.1, 0.15) is 0 Å². The summed E-state index contributed by atoms with van der Waals surface area (Å²) in [5.74, 6) is 0.0333. The van der Waals surface area contributed by atoms with Gasteiger partial charge in [0, 0.05) is 24.5 Å². The highest BCUT2D eigenvalue weighted by molar-refractivity contribution is 5.92. The van der Waals surface area contributed by atoms with Crippen molar-refractivity contribution in [1.82, 2.24) is 0 Å². The van der Waals surface area contributed by atoms with Gasteiger partial charge in [-0.3, -0.25) is 4.79 Å². The summed E-state index contributed by atoms with van der Waals surface area (Å²) >= 11 is 0. The Morgan fingerprint density at radius 2 is 1.78 bits per heavy atom. The van der Waals surface area contributed by atoms with Crippen molar-refractivity contribution < 1.29 is 9.53 Å². The zero-order valence-electron chi connectivity index (χ0n) is 13.1. The molecule has 1 atom stereocenters. The van der Waals surface area contributed by atoms with Crippen LogP contribution >= 0.6 is 0 Å². The van der Waals surface area contributed by atoms with E-state index in [0.29, 0.717) is 13.2 Å². The summed E-state index contributed by atoms with van der Waals surface area (Å²) in [7, 11) is 0. The number of nitrogens with one attached hydrogen (secondary N) is 2. The second-order valence-corrected chi connectivity index (χ2v) is 5.79. The number of rotatable bonds is 6. The molecule has 4 heteroatoms. The van der Waals surface area contributed by atoms with Crippen molar-refractivity contribution >= 4 is 17.3 Å². The van der Waals surface area contributed by atoms with Crippen LogP contribution in [0, 0.1) is 5.92 Å². The smallest absolute Gasteiger partial charge is 0.229 e. The predicted octanol–water partition coefficient (Wildman–Crippen LogP) is 3.32. The zero-order valence-corrected chi connectivity index (χ0v) is 13.1. The molecule has 2 N–H and O–H groups in total. The molecular formula is C19H22N2O2. The molecule has 1 saturated heterocycles. The van der Waals surface area contributed by atoms with E-state index in [-0.39, 0.29) is 11.8 Å². The molecule has 0 spiro atoms. The number of amides is 1. The van der Waals surface area contributed by atoms with Gasteiger partial charge in [0.05, 0.1) is 12.5 Å². The summed E-state index contributed by atoms with van der Waals surface area (Å²) in [5, 5.41) is 6.34. The molecule has 1 fully saturated rings. The van der Waals surface area contributed by atoms with Crippen LogP contribution in [0.5, 0.6) is 0 Å². The molecule has 0 radical (unpaired) electrons. The van der Waals surface area contributed by atoms with Crippen molar-refractivity contribution in [3.8, 4) is 0 Å². The lowest BCUT2D eigenvalue weighted by Crippen LogP contribution is -2.22. The average Bonchev–Trinajstić information content (AvgIpc) is 3.12. The third-order valence-electron chi connectivity index (χ3n) is 4.04. The SMILES string of the molecule is O=C(Nc1ccc(NCCc2ccccc2)cc1)[C@@H]1CCOC1. The van der Waals surface area contributed by atoms with E-state index in [0.717, 1.165) is 30.8 Å². The number of anilines is 2. The van der Waals surface area contributed by atoms with Crippen LogP contribution in [-0.4, -0.2) is 25.7 Å². The van der Waals surface area contributed by atoms with Crippen molar-refractivity contribution in [3.63, 3.8) is 0 Å². The van der Waals surface area contributed by atoms with Crippen LogP contribution in [0.25, 0.3) is 0 Å². The Bertz CT molecular complexity index is 620. The third kappa shape index (κ3) is 4.57. The number of hydrogen-bond donors (Lipinski definition) is 2. The van der Waals surface area contributed by atoms with Crippen LogP contribution in [0.15, 0.2) is 54.6 Å². The normalized spacial score (nSPS) is 17.0. The first kappa shape index (κ1) is 15.6. The highest BCUT2D eigenvalue weighted by atomic mass is 16.5. The van der Waals surface area contributed by atoms with Crippen molar-refractivity contribution in [2.45, 2.75) is 12.8 Å². The maximum Gasteiger partial charge on any atom is 0.229 e. The fourth-order valence-electron chi connectivity index (χ4n) is 2.65. The molecule has 0 aliphatic carbocycles. The van der Waals surface area contributed by atoms with Gasteiger partial charge in [0.2, 0.25) is 5.91 Å². The van der Waals surface area contributed by atoms with E-state index >= 15 is 0 Å². The summed E-state index contributed by atoms with van der Waals surface area (Å²) in [6.07, 6.45) is 1.80. The first-order valence-electron chi connectivity index (χ1n) is 8.08. The number of carbonyl (C=O) groups excluding carboxylic acids is 1. The van der Waals surface area contributed by atoms with Crippen LogP contribution in [0.1, 0.15) is 12.0 Å². The quantitative estimate of drug-likeness (QED) is 0.860. The van der Waals surface area contributed by atoms with Gasteiger partial charge in [-0.2, -0.15) is 0 Å². The lowest BCUT2D eigenvalue weighted by molar-refractivity contribution is -0.119. The fourth-order valence-corrected chi connectivity index (χ4v) is 2.65. The van der Waals surface area contributed by atoms with Gasteiger partial charge in [0.15, 0.2) is 0 Å². The van der Waals surface area contributed by atoms with Crippen LogP contribution < -0.4 is 10.6 Å². The molecule has 0 aromatic heterocycles. The molecule has 23 heavy (non-hydrogen) atoms. The van der Waals surface area contributed by atoms with Crippen molar-refractivity contribution in [2.75, 3.05) is 30.4 Å². The maximum absolute atomic E-state index is 12.0. The van der Waals surface area contributed by atoms with Gasteiger partial charge in [-0.25, -0.2) is 0 Å². The summed E-state index contributed by atoms with van der Waals surface area (Å²) in [6.45, 7) is 2.10. The largest absolute Gasteiger partial charge is 0.385 e. The molecule has 0 saturated carbocycles. The number of benzene rings is 2. The van der Waals surface area contributed by atoms with Crippen LogP contribution in [-0.2, 0) is 16.0 Å². The van der Waals surface area contributed by atoms with Gasteiger partial charge in [-0.05, 0) is 42.7 Å². The minimum Gasteiger partial charge on any atom is -0.385 e. The Morgan fingerprint density at radius 3 is 2.48 bits per heavy atom. The molecule has 2 aromatic rings. The molecule has 1 amide bonds. The Labute approximate surface area is 136 Å². The molecule has 120 valence electrons. The van der Waals surface area contributed by atoms with Gasteiger partial charge in [-0.15, -0.1) is 0 Å². The van der Waals surface area contributed by atoms with E-state index in [1.54, 1.807) is 0 Å². The summed E-state index contributed by atoms with van der Waals surface area (Å²) in [6, 6.07) is 18.3. The Kier molecular flexibility index (Phi) is 5.27. The molecular weight excluding hydrogens is 288 g/mol. The van der Waals surface area contributed by atoms with Gasteiger partial charge < -0.3 is 15.4 Å². The van der Waals surface area contributed by atoms with Crippen molar-refractivity contribution in [3.05, 3.63) is 60.2 Å². The van der Waals surface area contributed by atoms with Crippen LogP contribution in [0.2, 0.25) is 0 Å². The molecule has 0 bridgehead atoms.